The van der Waals surface area contributed by atoms with Crippen LogP contribution in [-0.4, -0.2) is 9.97 Å². The normalized spacial score (nSPS) is 11.9. The molecular formula is C52H30N2O2. The Balaban J connectivity index is 0.968. The maximum Gasteiger partial charge on any atom is 0.180 e. The van der Waals surface area contributed by atoms with Gasteiger partial charge in [0.25, 0.3) is 0 Å². The highest BCUT2D eigenvalue weighted by Crippen LogP contribution is 2.41. The van der Waals surface area contributed by atoms with Gasteiger partial charge in [0.05, 0.1) is 0 Å². The van der Waals surface area contributed by atoms with Gasteiger partial charge < -0.3 is 8.83 Å². The second-order valence-corrected chi connectivity index (χ2v) is 14.5. The first-order chi connectivity index (χ1) is 27.7. The fraction of sp³-hybridized carbons (Fsp3) is 0. The lowest BCUT2D eigenvalue weighted by atomic mass is 9.92. The number of hydrogen-bond acceptors (Lipinski definition) is 4. The molecule has 9 aromatic carbocycles. The Morgan fingerprint density at radius 1 is 0.286 bits per heavy atom. The third-order valence-corrected chi connectivity index (χ3v) is 11.3. The summed E-state index contributed by atoms with van der Waals surface area (Å²) < 4.78 is 13.0. The number of nitrogens with zero attached hydrogens (tertiary/aromatic N) is 2. The zero-order chi connectivity index (χ0) is 36.7. The van der Waals surface area contributed by atoms with Gasteiger partial charge in [-0.1, -0.05) is 140 Å². The first-order valence-corrected chi connectivity index (χ1v) is 18.9. The van der Waals surface area contributed by atoms with Crippen molar-refractivity contribution in [1.82, 2.24) is 9.97 Å². The van der Waals surface area contributed by atoms with E-state index in [9.17, 15) is 0 Å². The van der Waals surface area contributed by atoms with Gasteiger partial charge in [0, 0.05) is 27.3 Å². The molecule has 4 heteroatoms. The van der Waals surface area contributed by atoms with Crippen LogP contribution in [0.25, 0.3) is 121 Å². The molecule has 0 fully saturated rings. The Hall–Kier alpha value is -7.56. The van der Waals surface area contributed by atoms with Crippen LogP contribution in [-0.2, 0) is 0 Å². The number of fused-ring (bicyclic) bond motifs is 12. The van der Waals surface area contributed by atoms with Crippen LogP contribution >= 0.6 is 0 Å². The molecule has 0 radical (unpaired) electrons. The average molecular weight is 715 g/mol. The summed E-state index contributed by atoms with van der Waals surface area (Å²) in [6, 6.07) is 64.0. The molecular weight excluding hydrogens is 685 g/mol. The lowest BCUT2D eigenvalue weighted by Crippen LogP contribution is -1.93. The first kappa shape index (κ1) is 30.9. The summed E-state index contributed by atoms with van der Waals surface area (Å²) in [5, 5.41) is 10.8. The van der Waals surface area contributed by atoms with E-state index < -0.39 is 0 Å². The molecule has 3 heterocycles. The Bertz CT molecular complexity index is 3490. The lowest BCUT2D eigenvalue weighted by Gasteiger charge is -2.12. The van der Waals surface area contributed by atoms with Crippen LogP contribution in [0.4, 0.5) is 0 Å². The van der Waals surface area contributed by atoms with E-state index >= 15 is 0 Å². The SMILES string of the molecule is c1ccc(-c2nc(-c3ccccc3)c3oc4ccc(-c5ccc6c(c5)oc5ccc(-c7ccc8c9ccccc9c9ccccc9c8c7)cc56)cc4c3n2)cc1. The predicted molar refractivity (Wildman–Crippen MR) is 231 cm³/mol. The van der Waals surface area contributed by atoms with Crippen molar-refractivity contribution in [3.05, 3.63) is 182 Å². The van der Waals surface area contributed by atoms with E-state index in [0.717, 1.165) is 71.9 Å². The zero-order valence-corrected chi connectivity index (χ0v) is 30.0. The maximum atomic E-state index is 6.51. The molecule has 0 N–H and O–H groups in total. The van der Waals surface area contributed by atoms with Crippen molar-refractivity contribution in [3.63, 3.8) is 0 Å². The Kier molecular flexibility index (Phi) is 6.60. The molecule has 0 unspecified atom stereocenters. The quantitative estimate of drug-likeness (QED) is 0.170. The molecule has 3 aromatic heterocycles. The van der Waals surface area contributed by atoms with Crippen LogP contribution in [0, 0.1) is 0 Å². The number of furan rings is 2. The van der Waals surface area contributed by atoms with E-state index in [2.05, 4.69) is 127 Å². The average Bonchev–Trinajstić information content (AvgIpc) is 3.84. The highest BCUT2D eigenvalue weighted by molar-refractivity contribution is 6.26. The summed E-state index contributed by atoms with van der Waals surface area (Å²) >= 11 is 0. The van der Waals surface area contributed by atoms with Crippen LogP contribution in [0.15, 0.2) is 191 Å². The van der Waals surface area contributed by atoms with E-state index in [0.29, 0.717) is 11.4 Å². The highest BCUT2D eigenvalue weighted by Gasteiger charge is 2.19. The summed E-state index contributed by atoms with van der Waals surface area (Å²) in [7, 11) is 0. The largest absolute Gasteiger partial charge is 0.456 e. The number of hydrogen-bond donors (Lipinski definition) is 0. The van der Waals surface area contributed by atoms with Gasteiger partial charge in [-0.2, -0.15) is 0 Å². The molecule has 4 nitrogen and oxygen atoms in total. The molecule has 12 aromatic rings. The monoisotopic (exact) mass is 714 g/mol. The van der Waals surface area contributed by atoms with Crippen LogP contribution in [0.1, 0.15) is 0 Å². The van der Waals surface area contributed by atoms with Crippen molar-refractivity contribution in [2.75, 3.05) is 0 Å². The molecule has 260 valence electrons. The summed E-state index contributed by atoms with van der Waals surface area (Å²) in [4.78, 5) is 10.1. The minimum absolute atomic E-state index is 0.665. The predicted octanol–water partition coefficient (Wildman–Crippen LogP) is 14.4. The van der Waals surface area contributed by atoms with Gasteiger partial charge in [-0.05, 0) is 97.0 Å². The second kappa shape index (κ2) is 12.0. The molecule has 0 saturated carbocycles. The van der Waals surface area contributed by atoms with E-state index in [1.54, 1.807) is 0 Å². The van der Waals surface area contributed by atoms with Gasteiger partial charge in [-0.25, -0.2) is 9.97 Å². The highest BCUT2D eigenvalue weighted by atomic mass is 16.3. The second-order valence-electron chi connectivity index (χ2n) is 14.5. The maximum absolute atomic E-state index is 6.51. The van der Waals surface area contributed by atoms with Gasteiger partial charge in [0.1, 0.15) is 28.0 Å². The first-order valence-electron chi connectivity index (χ1n) is 18.9. The van der Waals surface area contributed by atoms with E-state index in [1.165, 1.54) is 37.9 Å². The summed E-state index contributed by atoms with van der Waals surface area (Å²) in [5.41, 5.74) is 11.1. The van der Waals surface area contributed by atoms with Gasteiger partial charge >= 0.3 is 0 Å². The van der Waals surface area contributed by atoms with E-state index in [4.69, 9.17) is 18.8 Å². The number of rotatable bonds is 4. The molecule has 0 aliphatic carbocycles. The van der Waals surface area contributed by atoms with Crippen molar-refractivity contribution in [2.24, 2.45) is 0 Å². The standard InChI is InChI=1S/C52H30N2O2/c1-3-11-31(12-4-1)49-51-50(54-52(53-49)32-13-5-2-6-14-32)45-29-35(22-26-47(45)56-51)36-20-24-42-44-28-34(21-25-46(44)55-48(42)30-36)33-19-23-41-39-17-8-7-15-37(39)38-16-9-10-18-40(38)43(41)27-33/h1-30H. The molecule has 0 amide bonds. The molecule has 0 aliphatic rings. The molecule has 0 aliphatic heterocycles. The molecule has 0 bridgehead atoms. The van der Waals surface area contributed by atoms with Gasteiger partial charge in [-0.3, -0.25) is 0 Å². The van der Waals surface area contributed by atoms with Gasteiger partial charge in [-0.15, -0.1) is 0 Å². The third kappa shape index (κ3) is 4.73. The van der Waals surface area contributed by atoms with Gasteiger partial charge in [0.15, 0.2) is 11.4 Å². The minimum Gasteiger partial charge on any atom is -0.456 e. The van der Waals surface area contributed by atoms with Crippen LogP contribution in [0.2, 0.25) is 0 Å². The van der Waals surface area contributed by atoms with Crippen LogP contribution < -0.4 is 0 Å². The van der Waals surface area contributed by atoms with Crippen LogP contribution in [0.5, 0.6) is 0 Å². The summed E-state index contributed by atoms with van der Waals surface area (Å²) in [6.07, 6.45) is 0. The van der Waals surface area contributed by atoms with Crippen molar-refractivity contribution < 1.29 is 8.83 Å². The van der Waals surface area contributed by atoms with Crippen molar-refractivity contribution in [2.45, 2.75) is 0 Å². The van der Waals surface area contributed by atoms with Gasteiger partial charge in [0.2, 0.25) is 0 Å². The minimum atomic E-state index is 0.665. The fourth-order valence-corrected chi connectivity index (χ4v) is 8.55. The van der Waals surface area contributed by atoms with Crippen LogP contribution in [0.3, 0.4) is 0 Å². The summed E-state index contributed by atoms with van der Waals surface area (Å²) in [6.45, 7) is 0. The van der Waals surface area contributed by atoms with Crippen molar-refractivity contribution >= 4 is 76.3 Å². The number of aromatic nitrogens is 2. The third-order valence-electron chi connectivity index (χ3n) is 11.3. The lowest BCUT2D eigenvalue weighted by molar-refractivity contribution is 0.667. The smallest absolute Gasteiger partial charge is 0.180 e. The molecule has 0 saturated heterocycles. The van der Waals surface area contributed by atoms with E-state index in [1.807, 2.05) is 54.6 Å². The Morgan fingerprint density at radius 3 is 1.43 bits per heavy atom. The zero-order valence-electron chi connectivity index (χ0n) is 30.0. The number of benzene rings is 9. The molecule has 12 rings (SSSR count). The molecule has 0 atom stereocenters. The molecule has 0 spiro atoms. The fourth-order valence-electron chi connectivity index (χ4n) is 8.55. The van der Waals surface area contributed by atoms with E-state index in [-0.39, 0.29) is 0 Å². The Morgan fingerprint density at radius 2 is 0.768 bits per heavy atom. The Labute approximate surface area is 320 Å². The van der Waals surface area contributed by atoms with Crippen molar-refractivity contribution in [1.29, 1.82) is 0 Å². The summed E-state index contributed by atoms with van der Waals surface area (Å²) in [5.74, 6) is 0.665. The molecule has 56 heavy (non-hydrogen) atoms. The van der Waals surface area contributed by atoms with Crippen molar-refractivity contribution in [3.8, 4) is 44.9 Å². The topological polar surface area (TPSA) is 52.1 Å².